The Balaban J connectivity index is 2.52. The highest BCUT2D eigenvalue weighted by Crippen LogP contribution is 2.32. The number of para-hydroxylation sites is 1. The second-order valence-electron chi connectivity index (χ2n) is 5.64. The summed E-state index contributed by atoms with van der Waals surface area (Å²) in [6.07, 6.45) is 0. The quantitative estimate of drug-likeness (QED) is 0.741. The molecule has 21 heavy (non-hydrogen) atoms. The first-order chi connectivity index (χ1) is 9.91. The smallest absolute Gasteiger partial charge is 0.150 e. The van der Waals surface area contributed by atoms with E-state index in [0.717, 1.165) is 22.3 Å². The summed E-state index contributed by atoms with van der Waals surface area (Å²) in [6.45, 7) is 10.3. The first kappa shape index (κ1) is 13.6. The van der Waals surface area contributed by atoms with Gasteiger partial charge in [0.25, 0.3) is 0 Å². The summed E-state index contributed by atoms with van der Waals surface area (Å²) in [5, 5.41) is 0.959. The zero-order chi connectivity index (χ0) is 15.3. The Kier molecular flexibility index (Phi) is 2.97. The van der Waals surface area contributed by atoms with Gasteiger partial charge in [0.1, 0.15) is 11.6 Å². The van der Waals surface area contributed by atoms with Gasteiger partial charge in [0.15, 0.2) is 5.65 Å². The molecule has 0 fully saturated rings. The van der Waals surface area contributed by atoms with E-state index < -0.39 is 0 Å². The van der Waals surface area contributed by atoms with Crippen LogP contribution < -0.4 is 5.73 Å². The first-order valence-corrected chi connectivity index (χ1v) is 7.10. The van der Waals surface area contributed by atoms with Crippen molar-refractivity contribution in [2.24, 2.45) is 0 Å². The molecule has 1 aromatic carbocycles. The molecule has 0 amide bonds. The van der Waals surface area contributed by atoms with Crippen LogP contribution in [0.2, 0.25) is 0 Å². The molecule has 0 saturated carbocycles. The summed E-state index contributed by atoms with van der Waals surface area (Å²) in [5.74, 6) is 1.26. The molecule has 0 atom stereocenters. The predicted octanol–water partition coefficient (Wildman–Crippen LogP) is 3.54. The molecule has 2 aromatic heterocycles. The van der Waals surface area contributed by atoms with Crippen molar-refractivity contribution in [2.75, 3.05) is 5.73 Å². The van der Waals surface area contributed by atoms with Gasteiger partial charge >= 0.3 is 0 Å². The van der Waals surface area contributed by atoms with Crippen LogP contribution in [0, 0.1) is 34.6 Å². The minimum Gasteiger partial charge on any atom is -0.383 e. The van der Waals surface area contributed by atoms with E-state index >= 15 is 0 Å². The van der Waals surface area contributed by atoms with Gasteiger partial charge < -0.3 is 5.73 Å². The van der Waals surface area contributed by atoms with Crippen LogP contribution in [0.15, 0.2) is 18.2 Å². The lowest BCUT2D eigenvalue weighted by Crippen LogP contribution is -2.04. The molecule has 4 heteroatoms. The number of rotatable bonds is 1. The topological polar surface area (TPSA) is 56.7 Å². The highest BCUT2D eigenvalue weighted by molar-refractivity contribution is 5.92. The van der Waals surface area contributed by atoms with Crippen LogP contribution in [-0.4, -0.2) is 14.5 Å². The number of anilines is 1. The number of hydrogen-bond acceptors (Lipinski definition) is 3. The van der Waals surface area contributed by atoms with E-state index in [1.165, 1.54) is 16.8 Å². The largest absolute Gasteiger partial charge is 0.383 e. The molecule has 3 rings (SSSR count). The molecule has 0 aliphatic carbocycles. The first-order valence-electron chi connectivity index (χ1n) is 7.10. The minimum absolute atomic E-state index is 0.558. The van der Waals surface area contributed by atoms with Crippen molar-refractivity contribution in [3.63, 3.8) is 0 Å². The number of aryl methyl sites for hydroxylation is 4. The standard InChI is InChI=1S/C17H20N4/c1-9-7-6-8-10(2)15(9)21-12(4)11(3)14-16(18)19-13(5)20-17(14)21/h6-8H,1-5H3,(H2,18,19,20). The van der Waals surface area contributed by atoms with Gasteiger partial charge in [0, 0.05) is 5.69 Å². The average Bonchev–Trinajstić information content (AvgIpc) is 2.63. The van der Waals surface area contributed by atoms with Crippen molar-refractivity contribution < 1.29 is 0 Å². The lowest BCUT2D eigenvalue weighted by molar-refractivity contribution is 0.976. The highest BCUT2D eigenvalue weighted by atomic mass is 15.1. The third-order valence-corrected chi connectivity index (χ3v) is 4.16. The third-order valence-electron chi connectivity index (χ3n) is 4.16. The van der Waals surface area contributed by atoms with E-state index in [-0.39, 0.29) is 0 Å². The fourth-order valence-electron chi connectivity index (χ4n) is 3.04. The number of aromatic nitrogens is 3. The van der Waals surface area contributed by atoms with Gasteiger partial charge in [-0.05, 0) is 51.3 Å². The second-order valence-corrected chi connectivity index (χ2v) is 5.64. The highest BCUT2D eigenvalue weighted by Gasteiger charge is 2.19. The van der Waals surface area contributed by atoms with Crippen molar-refractivity contribution in [3.8, 4) is 5.69 Å². The normalized spacial score (nSPS) is 11.3. The van der Waals surface area contributed by atoms with Gasteiger partial charge in [0.2, 0.25) is 0 Å². The molecule has 0 saturated heterocycles. The molecule has 4 nitrogen and oxygen atoms in total. The number of nitrogens with zero attached hydrogens (tertiary/aromatic N) is 3. The number of benzene rings is 1. The Labute approximate surface area is 124 Å². The van der Waals surface area contributed by atoms with E-state index in [4.69, 9.17) is 5.73 Å². The van der Waals surface area contributed by atoms with E-state index in [9.17, 15) is 0 Å². The van der Waals surface area contributed by atoms with E-state index in [2.05, 4.69) is 60.4 Å². The van der Waals surface area contributed by atoms with Gasteiger partial charge in [-0.3, -0.25) is 4.57 Å². The zero-order valence-electron chi connectivity index (χ0n) is 13.2. The summed E-state index contributed by atoms with van der Waals surface area (Å²) in [4.78, 5) is 8.96. The van der Waals surface area contributed by atoms with Crippen molar-refractivity contribution in [3.05, 3.63) is 46.4 Å². The molecule has 2 heterocycles. The molecule has 2 N–H and O–H groups in total. The van der Waals surface area contributed by atoms with E-state index in [1.807, 2.05) is 6.92 Å². The molecule has 0 radical (unpaired) electrons. The van der Waals surface area contributed by atoms with Crippen LogP contribution in [-0.2, 0) is 0 Å². The maximum absolute atomic E-state index is 6.13. The lowest BCUT2D eigenvalue weighted by atomic mass is 10.1. The van der Waals surface area contributed by atoms with Gasteiger partial charge in [-0.1, -0.05) is 18.2 Å². The molecule has 3 aromatic rings. The maximum atomic E-state index is 6.13. The van der Waals surface area contributed by atoms with E-state index in [0.29, 0.717) is 11.6 Å². The average molecular weight is 280 g/mol. The number of hydrogen-bond donors (Lipinski definition) is 1. The number of fused-ring (bicyclic) bond motifs is 1. The van der Waals surface area contributed by atoms with Gasteiger partial charge in [-0.2, -0.15) is 0 Å². The molecule has 108 valence electrons. The van der Waals surface area contributed by atoms with Crippen molar-refractivity contribution >= 4 is 16.9 Å². The van der Waals surface area contributed by atoms with Crippen LogP contribution in [0.3, 0.4) is 0 Å². The van der Waals surface area contributed by atoms with Crippen LogP contribution in [0.5, 0.6) is 0 Å². The summed E-state index contributed by atoms with van der Waals surface area (Å²) in [7, 11) is 0. The molecule has 0 spiro atoms. The van der Waals surface area contributed by atoms with Crippen LogP contribution >= 0.6 is 0 Å². The molecule has 0 bridgehead atoms. The Morgan fingerprint density at radius 1 is 0.952 bits per heavy atom. The van der Waals surface area contributed by atoms with Crippen LogP contribution in [0.25, 0.3) is 16.7 Å². The van der Waals surface area contributed by atoms with Crippen LogP contribution in [0.1, 0.15) is 28.2 Å². The SMILES string of the molecule is Cc1nc(N)c2c(C)c(C)n(-c3c(C)cccc3C)c2n1. The maximum Gasteiger partial charge on any atom is 0.150 e. The predicted molar refractivity (Wildman–Crippen MR) is 87.0 cm³/mol. The Morgan fingerprint density at radius 3 is 2.19 bits per heavy atom. The fourth-order valence-corrected chi connectivity index (χ4v) is 3.04. The summed E-state index contributed by atoms with van der Waals surface area (Å²) >= 11 is 0. The summed E-state index contributed by atoms with van der Waals surface area (Å²) < 4.78 is 2.21. The van der Waals surface area contributed by atoms with Gasteiger partial charge in [0.05, 0.1) is 11.1 Å². The summed E-state index contributed by atoms with van der Waals surface area (Å²) in [6, 6.07) is 6.33. The van der Waals surface area contributed by atoms with Gasteiger partial charge in [-0.25, -0.2) is 9.97 Å². The van der Waals surface area contributed by atoms with Crippen molar-refractivity contribution in [2.45, 2.75) is 34.6 Å². The van der Waals surface area contributed by atoms with Gasteiger partial charge in [-0.15, -0.1) is 0 Å². The zero-order valence-corrected chi connectivity index (χ0v) is 13.2. The van der Waals surface area contributed by atoms with E-state index in [1.54, 1.807) is 0 Å². The minimum atomic E-state index is 0.558. The molecule has 0 unspecified atom stereocenters. The molecular weight excluding hydrogens is 260 g/mol. The van der Waals surface area contributed by atoms with Crippen molar-refractivity contribution in [1.82, 2.24) is 14.5 Å². The van der Waals surface area contributed by atoms with Crippen molar-refractivity contribution in [1.29, 1.82) is 0 Å². The Hall–Kier alpha value is -2.36. The van der Waals surface area contributed by atoms with Crippen LogP contribution in [0.4, 0.5) is 5.82 Å². The Morgan fingerprint density at radius 2 is 1.57 bits per heavy atom. The summed E-state index contributed by atoms with van der Waals surface area (Å²) in [5.41, 5.74) is 13.0. The third kappa shape index (κ3) is 1.90. The molecule has 0 aliphatic rings. The number of nitrogens with two attached hydrogens (primary N) is 1. The second kappa shape index (κ2) is 4.58. The monoisotopic (exact) mass is 280 g/mol. The number of nitrogen functional groups attached to an aromatic ring is 1. The Bertz CT molecular complexity index is 839. The lowest BCUT2D eigenvalue weighted by Gasteiger charge is -2.14. The molecule has 0 aliphatic heterocycles. The molecular formula is C17H20N4. The fraction of sp³-hybridized carbons (Fsp3) is 0.294.